The molecule has 0 radical (unpaired) electrons. The molecular weight excluding hydrogens is 170 g/mol. The average Bonchev–Trinajstić information content (AvgIpc) is 2.99. The fourth-order valence-corrected chi connectivity index (χ4v) is 2.23. The zero-order valence-electron chi connectivity index (χ0n) is 9.09. The van der Waals surface area contributed by atoms with Crippen molar-refractivity contribution in [1.82, 2.24) is 5.32 Å². The van der Waals surface area contributed by atoms with Crippen molar-refractivity contribution in [1.29, 1.82) is 0 Å². The molecule has 1 aromatic rings. The van der Waals surface area contributed by atoms with Crippen LogP contribution in [0.5, 0.6) is 0 Å². The Kier molecular flexibility index (Phi) is 2.60. The quantitative estimate of drug-likeness (QED) is 0.767. The molecule has 0 amide bonds. The minimum absolute atomic E-state index is 0.552. The van der Waals surface area contributed by atoms with Crippen LogP contribution in [0, 0.1) is 5.41 Å². The van der Waals surface area contributed by atoms with Crippen molar-refractivity contribution in [2.45, 2.75) is 32.2 Å². The van der Waals surface area contributed by atoms with Crippen LogP contribution in [0.3, 0.4) is 0 Å². The highest BCUT2D eigenvalue weighted by molar-refractivity contribution is 5.19. The second-order valence-corrected chi connectivity index (χ2v) is 4.54. The van der Waals surface area contributed by atoms with Crippen LogP contribution in [0.15, 0.2) is 30.3 Å². The lowest BCUT2D eigenvalue weighted by molar-refractivity contribution is 0.369. The minimum atomic E-state index is 0.552. The number of hydrogen-bond acceptors (Lipinski definition) is 1. The van der Waals surface area contributed by atoms with Gasteiger partial charge in [0.1, 0.15) is 0 Å². The summed E-state index contributed by atoms with van der Waals surface area (Å²) in [5, 5.41) is 3.39. The lowest BCUT2D eigenvalue weighted by Crippen LogP contribution is -2.33. The van der Waals surface area contributed by atoms with E-state index in [1.54, 1.807) is 0 Å². The summed E-state index contributed by atoms with van der Waals surface area (Å²) >= 11 is 0. The number of rotatable bonds is 4. The molecule has 1 fully saturated rings. The van der Waals surface area contributed by atoms with Crippen LogP contribution < -0.4 is 5.32 Å². The standard InChI is InChI=1S/C13H19N/c1-11(14-2)13(8-9-13)10-12-6-4-3-5-7-12/h3-7,11,14H,8-10H2,1-2H3. The van der Waals surface area contributed by atoms with Gasteiger partial charge < -0.3 is 5.32 Å². The smallest absolute Gasteiger partial charge is 0.00953 e. The first-order valence-electron chi connectivity index (χ1n) is 5.48. The van der Waals surface area contributed by atoms with Crippen LogP contribution >= 0.6 is 0 Å². The number of hydrogen-bond donors (Lipinski definition) is 1. The largest absolute Gasteiger partial charge is 0.317 e. The first-order valence-corrected chi connectivity index (χ1v) is 5.48. The van der Waals surface area contributed by atoms with Crippen molar-refractivity contribution in [2.24, 2.45) is 5.41 Å². The third kappa shape index (κ3) is 1.83. The van der Waals surface area contributed by atoms with Gasteiger partial charge in [-0.25, -0.2) is 0 Å². The molecule has 1 nitrogen and oxygen atoms in total. The minimum Gasteiger partial charge on any atom is -0.317 e. The molecule has 0 saturated heterocycles. The van der Waals surface area contributed by atoms with Gasteiger partial charge >= 0.3 is 0 Å². The van der Waals surface area contributed by atoms with Crippen molar-refractivity contribution < 1.29 is 0 Å². The summed E-state index contributed by atoms with van der Waals surface area (Å²) in [6.07, 6.45) is 3.99. The molecule has 0 bridgehead atoms. The van der Waals surface area contributed by atoms with Crippen molar-refractivity contribution >= 4 is 0 Å². The summed E-state index contributed by atoms with van der Waals surface area (Å²) in [5.41, 5.74) is 2.03. The van der Waals surface area contributed by atoms with E-state index in [4.69, 9.17) is 0 Å². The van der Waals surface area contributed by atoms with Gasteiger partial charge in [-0.05, 0) is 44.2 Å². The normalized spacial score (nSPS) is 20.4. The molecule has 1 aliphatic carbocycles. The van der Waals surface area contributed by atoms with Crippen LogP contribution in [-0.4, -0.2) is 13.1 Å². The zero-order chi connectivity index (χ0) is 10.0. The highest BCUT2D eigenvalue weighted by atomic mass is 14.9. The number of benzene rings is 1. The summed E-state index contributed by atoms with van der Waals surface area (Å²) in [4.78, 5) is 0. The van der Waals surface area contributed by atoms with Crippen LogP contribution in [0.25, 0.3) is 0 Å². The fraction of sp³-hybridized carbons (Fsp3) is 0.538. The molecule has 2 rings (SSSR count). The topological polar surface area (TPSA) is 12.0 Å². The predicted molar refractivity (Wildman–Crippen MR) is 60.3 cm³/mol. The highest BCUT2D eigenvalue weighted by Gasteiger charge is 2.46. The van der Waals surface area contributed by atoms with E-state index in [1.165, 1.54) is 24.8 Å². The molecule has 0 aromatic heterocycles. The van der Waals surface area contributed by atoms with E-state index in [-0.39, 0.29) is 0 Å². The zero-order valence-corrected chi connectivity index (χ0v) is 9.09. The van der Waals surface area contributed by atoms with Crippen LogP contribution in [0.1, 0.15) is 25.3 Å². The Hall–Kier alpha value is -0.820. The molecule has 1 saturated carbocycles. The summed E-state index contributed by atoms with van der Waals surface area (Å²) in [5.74, 6) is 0. The summed E-state index contributed by atoms with van der Waals surface area (Å²) < 4.78 is 0. The molecule has 0 heterocycles. The Morgan fingerprint density at radius 3 is 2.43 bits per heavy atom. The Bertz CT molecular complexity index is 287. The van der Waals surface area contributed by atoms with E-state index in [9.17, 15) is 0 Å². The maximum atomic E-state index is 3.39. The van der Waals surface area contributed by atoms with Crippen LogP contribution in [0.4, 0.5) is 0 Å². The van der Waals surface area contributed by atoms with Crippen LogP contribution in [0.2, 0.25) is 0 Å². The fourth-order valence-electron chi connectivity index (χ4n) is 2.23. The molecule has 1 unspecified atom stereocenters. The third-order valence-electron chi connectivity index (χ3n) is 3.64. The Labute approximate surface area is 86.5 Å². The third-order valence-corrected chi connectivity index (χ3v) is 3.64. The second kappa shape index (κ2) is 3.74. The number of nitrogens with one attached hydrogen (secondary N) is 1. The van der Waals surface area contributed by atoms with Crippen molar-refractivity contribution in [2.75, 3.05) is 7.05 Å². The molecule has 1 heteroatoms. The SMILES string of the molecule is CNC(C)C1(Cc2ccccc2)CC1. The van der Waals surface area contributed by atoms with Gasteiger partial charge in [0.05, 0.1) is 0 Å². The summed E-state index contributed by atoms with van der Waals surface area (Å²) in [7, 11) is 2.07. The van der Waals surface area contributed by atoms with E-state index in [0.717, 1.165) is 0 Å². The molecule has 1 atom stereocenters. The van der Waals surface area contributed by atoms with Crippen molar-refractivity contribution in [3.63, 3.8) is 0 Å². The van der Waals surface area contributed by atoms with E-state index >= 15 is 0 Å². The maximum Gasteiger partial charge on any atom is 0.00953 e. The van der Waals surface area contributed by atoms with Gasteiger partial charge in [0.2, 0.25) is 0 Å². The van der Waals surface area contributed by atoms with Gasteiger partial charge in [-0.15, -0.1) is 0 Å². The molecule has 0 spiro atoms. The first-order chi connectivity index (χ1) is 6.77. The molecular formula is C13H19N. The molecule has 14 heavy (non-hydrogen) atoms. The summed E-state index contributed by atoms with van der Waals surface area (Å²) in [6, 6.07) is 11.5. The van der Waals surface area contributed by atoms with E-state index < -0.39 is 0 Å². The van der Waals surface area contributed by atoms with Gasteiger partial charge in [0.25, 0.3) is 0 Å². The Morgan fingerprint density at radius 2 is 1.93 bits per heavy atom. The highest BCUT2D eigenvalue weighted by Crippen LogP contribution is 2.51. The molecule has 76 valence electrons. The van der Waals surface area contributed by atoms with E-state index in [1.807, 2.05) is 0 Å². The maximum absolute atomic E-state index is 3.39. The van der Waals surface area contributed by atoms with Gasteiger partial charge in [0, 0.05) is 6.04 Å². The Balaban J connectivity index is 2.04. The lowest BCUT2D eigenvalue weighted by atomic mass is 9.90. The van der Waals surface area contributed by atoms with E-state index in [2.05, 4.69) is 49.6 Å². The Morgan fingerprint density at radius 1 is 1.29 bits per heavy atom. The second-order valence-electron chi connectivity index (χ2n) is 4.54. The van der Waals surface area contributed by atoms with Gasteiger partial charge in [0.15, 0.2) is 0 Å². The van der Waals surface area contributed by atoms with Gasteiger partial charge in [-0.1, -0.05) is 30.3 Å². The first kappa shape index (κ1) is 9.72. The van der Waals surface area contributed by atoms with Crippen molar-refractivity contribution in [3.8, 4) is 0 Å². The molecule has 1 aliphatic rings. The molecule has 1 N–H and O–H groups in total. The predicted octanol–water partition coefficient (Wildman–Crippen LogP) is 2.62. The van der Waals surface area contributed by atoms with Crippen LogP contribution in [-0.2, 0) is 6.42 Å². The monoisotopic (exact) mass is 189 g/mol. The van der Waals surface area contributed by atoms with E-state index in [0.29, 0.717) is 11.5 Å². The van der Waals surface area contributed by atoms with Crippen molar-refractivity contribution in [3.05, 3.63) is 35.9 Å². The van der Waals surface area contributed by atoms with Gasteiger partial charge in [-0.3, -0.25) is 0 Å². The van der Waals surface area contributed by atoms with Gasteiger partial charge in [-0.2, -0.15) is 0 Å². The molecule has 1 aromatic carbocycles. The summed E-state index contributed by atoms with van der Waals surface area (Å²) in [6.45, 7) is 2.30. The molecule has 0 aliphatic heterocycles. The average molecular weight is 189 g/mol. The lowest BCUT2D eigenvalue weighted by Gasteiger charge is -2.22.